The highest BCUT2D eigenvalue weighted by atomic mass is 32.2. The lowest BCUT2D eigenvalue weighted by molar-refractivity contribution is -0.118. The zero-order valence-electron chi connectivity index (χ0n) is 2.93. The topological polar surface area (TPSA) is 52.2 Å². The lowest BCUT2D eigenvalue weighted by Gasteiger charge is -2.15. The summed E-state index contributed by atoms with van der Waals surface area (Å²) < 4.78 is 12.0. The number of carbonyl (C=O) groups excluding carboxylic acids is 1. The second-order valence-corrected chi connectivity index (χ2v) is 2.20. The molecule has 1 aliphatic rings. The van der Waals surface area contributed by atoms with Gasteiger partial charge in [-0.05, 0) is 0 Å². The maximum Gasteiger partial charge on any atom is 0.313 e. The van der Waals surface area contributed by atoms with Gasteiger partial charge in [0.05, 0.1) is 11.4 Å². The second kappa shape index (κ2) is 1.13. The number of rotatable bonds is 0. The van der Waals surface area contributed by atoms with Gasteiger partial charge in [0.15, 0.2) is 0 Å². The zero-order valence-corrected chi connectivity index (χ0v) is 3.75. The molecule has 3 nitrogen and oxygen atoms in total. The van der Waals surface area contributed by atoms with Crippen LogP contribution in [-0.2, 0) is 16.2 Å². The minimum absolute atomic E-state index is 0.117. The monoisotopic (exact) mass is 105 g/mol. The smallest absolute Gasteiger partial charge is 0.313 e. The van der Waals surface area contributed by atoms with Crippen molar-refractivity contribution in [3.8, 4) is 0 Å². The number of amides is 1. The van der Waals surface area contributed by atoms with Gasteiger partial charge in [-0.3, -0.25) is 4.79 Å². The first-order valence-corrected chi connectivity index (χ1v) is 2.79. The van der Waals surface area contributed by atoms with E-state index in [0.29, 0.717) is 0 Å². The second-order valence-electron chi connectivity index (χ2n) is 1.02. The molecule has 0 aromatic rings. The standard InChI is InChI=1S/C2H3NO2S/c4-2-1-6(5)3-2/h1H2,(H,3,4). The van der Waals surface area contributed by atoms with Gasteiger partial charge < -0.3 is 4.55 Å². The Kier molecular flexibility index (Phi) is 0.743. The average Bonchev–Trinajstić information content (AvgIpc) is 1.33. The number of carbonyl (C=O) groups is 1. The molecule has 1 N–H and O–H groups in total. The molecule has 0 aliphatic carbocycles. The lowest BCUT2D eigenvalue weighted by Crippen LogP contribution is -2.48. The molecule has 1 atom stereocenters. The van der Waals surface area contributed by atoms with Crippen molar-refractivity contribution in [2.45, 2.75) is 0 Å². The minimum Gasteiger partial charge on any atom is -0.593 e. The Morgan fingerprint density at radius 1 is 2.00 bits per heavy atom. The van der Waals surface area contributed by atoms with Crippen molar-refractivity contribution in [1.29, 1.82) is 0 Å². The van der Waals surface area contributed by atoms with Crippen molar-refractivity contribution < 1.29 is 9.35 Å². The summed E-state index contributed by atoms with van der Waals surface area (Å²) >= 11 is -1.02. The van der Waals surface area contributed by atoms with E-state index in [1.54, 1.807) is 0 Å². The van der Waals surface area contributed by atoms with E-state index in [-0.39, 0.29) is 11.7 Å². The Bertz CT molecular complexity index is 75.6. The van der Waals surface area contributed by atoms with Crippen LogP contribution in [0.25, 0.3) is 0 Å². The zero-order chi connectivity index (χ0) is 4.57. The Hall–Kier alpha value is -0.220. The van der Waals surface area contributed by atoms with Gasteiger partial charge in [-0.1, -0.05) is 0 Å². The SMILES string of the molecule is O=C1C[S+]([O-])N1. The molecule has 0 spiro atoms. The molecule has 34 valence electrons. The van der Waals surface area contributed by atoms with Crippen molar-refractivity contribution in [2.75, 3.05) is 5.75 Å². The average molecular weight is 105 g/mol. The van der Waals surface area contributed by atoms with Crippen LogP contribution in [0.4, 0.5) is 0 Å². The summed E-state index contributed by atoms with van der Waals surface area (Å²) in [5, 5.41) is 0. The summed E-state index contributed by atoms with van der Waals surface area (Å²) in [5.74, 6) is 0.0772. The molecule has 4 heteroatoms. The normalized spacial score (nSPS) is 31.5. The summed E-state index contributed by atoms with van der Waals surface area (Å²) in [6.45, 7) is 0. The fraction of sp³-hybridized carbons (Fsp3) is 0.500. The predicted octanol–water partition coefficient (Wildman–Crippen LogP) is -1.22. The molecule has 0 aromatic heterocycles. The van der Waals surface area contributed by atoms with E-state index in [1.165, 1.54) is 0 Å². The van der Waals surface area contributed by atoms with Crippen LogP contribution in [0.3, 0.4) is 0 Å². The van der Waals surface area contributed by atoms with Crippen molar-refractivity contribution >= 4 is 17.3 Å². The molecule has 0 bridgehead atoms. The molecule has 1 amide bonds. The number of hydrogen-bond acceptors (Lipinski definition) is 2. The first kappa shape index (κ1) is 3.95. The van der Waals surface area contributed by atoms with Crippen LogP contribution in [0.5, 0.6) is 0 Å². The quantitative estimate of drug-likeness (QED) is 0.392. The molecule has 6 heavy (non-hydrogen) atoms. The van der Waals surface area contributed by atoms with Crippen molar-refractivity contribution in [3.63, 3.8) is 0 Å². The highest BCUT2D eigenvalue weighted by Gasteiger charge is 2.27. The first-order valence-electron chi connectivity index (χ1n) is 1.47. The van der Waals surface area contributed by atoms with E-state index >= 15 is 0 Å². The molecule has 1 rings (SSSR count). The molecule has 1 fully saturated rings. The van der Waals surface area contributed by atoms with Crippen molar-refractivity contribution in [3.05, 3.63) is 0 Å². The molecule has 0 radical (unpaired) electrons. The van der Waals surface area contributed by atoms with Crippen LogP contribution in [0, 0.1) is 0 Å². The fourth-order valence-corrected chi connectivity index (χ4v) is 0.693. The maximum atomic E-state index is 9.89. The van der Waals surface area contributed by atoms with Crippen LogP contribution in [-0.4, -0.2) is 16.2 Å². The summed E-state index contributed by atoms with van der Waals surface area (Å²) in [6, 6.07) is 0. The van der Waals surface area contributed by atoms with E-state index in [2.05, 4.69) is 4.72 Å². The van der Waals surface area contributed by atoms with Gasteiger partial charge in [-0.15, -0.1) is 0 Å². The highest BCUT2D eigenvalue weighted by Crippen LogP contribution is 1.93. The summed E-state index contributed by atoms with van der Waals surface area (Å²) in [5.41, 5.74) is 0. The molecule has 0 aromatic carbocycles. The third-order valence-corrected chi connectivity index (χ3v) is 1.47. The highest BCUT2D eigenvalue weighted by molar-refractivity contribution is 7.93. The van der Waals surface area contributed by atoms with Gasteiger partial charge >= 0.3 is 5.91 Å². The van der Waals surface area contributed by atoms with Crippen molar-refractivity contribution in [1.82, 2.24) is 4.72 Å². The number of hydrogen-bond donors (Lipinski definition) is 1. The van der Waals surface area contributed by atoms with Crippen LogP contribution in [0.15, 0.2) is 0 Å². The van der Waals surface area contributed by atoms with Crippen LogP contribution in [0.1, 0.15) is 0 Å². The van der Waals surface area contributed by atoms with Crippen molar-refractivity contribution in [2.24, 2.45) is 0 Å². The van der Waals surface area contributed by atoms with Gasteiger partial charge in [0, 0.05) is 0 Å². The Morgan fingerprint density at radius 2 is 2.50 bits per heavy atom. The summed E-state index contributed by atoms with van der Waals surface area (Å²) in [7, 11) is 0. The predicted molar refractivity (Wildman–Crippen MR) is 21.2 cm³/mol. The summed E-state index contributed by atoms with van der Waals surface area (Å²) in [4.78, 5) is 9.81. The number of nitrogens with one attached hydrogen (secondary N) is 1. The molecule has 1 unspecified atom stereocenters. The van der Waals surface area contributed by atoms with Gasteiger partial charge in [0.25, 0.3) is 0 Å². The van der Waals surface area contributed by atoms with Crippen LogP contribution in [0.2, 0.25) is 0 Å². The van der Waals surface area contributed by atoms with Gasteiger partial charge in [0.2, 0.25) is 5.75 Å². The minimum atomic E-state index is -1.02. The third kappa shape index (κ3) is 0.483. The van der Waals surface area contributed by atoms with Gasteiger partial charge in [0.1, 0.15) is 0 Å². The van der Waals surface area contributed by atoms with E-state index in [9.17, 15) is 9.35 Å². The maximum absolute atomic E-state index is 9.89. The molecular weight excluding hydrogens is 102 g/mol. The van der Waals surface area contributed by atoms with E-state index in [1.807, 2.05) is 0 Å². The summed E-state index contributed by atoms with van der Waals surface area (Å²) in [6.07, 6.45) is 0. The van der Waals surface area contributed by atoms with Crippen LogP contribution >= 0.6 is 0 Å². The largest absolute Gasteiger partial charge is 0.593 e. The lowest BCUT2D eigenvalue weighted by atomic mass is 10.8. The van der Waals surface area contributed by atoms with E-state index < -0.39 is 11.4 Å². The Balaban J connectivity index is 2.28. The first-order chi connectivity index (χ1) is 2.79. The van der Waals surface area contributed by atoms with E-state index in [4.69, 9.17) is 0 Å². The van der Waals surface area contributed by atoms with E-state index in [0.717, 1.165) is 0 Å². The molecule has 0 saturated carbocycles. The van der Waals surface area contributed by atoms with Gasteiger partial charge in [-0.2, -0.15) is 4.72 Å². The Morgan fingerprint density at radius 3 is 2.50 bits per heavy atom. The molecule has 1 saturated heterocycles. The van der Waals surface area contributed by atoms with Gasteiger partial charge in [-0.25, -0.2) is 0 Å². The fourth-order valence-electron chi connectivity index (χ4n) is 0.231. The molecule has 1 aliphatic heterocycles. The Labute approximate surface area is 38.0 Å². The molecule has 1 heterocycles. The van der Waals surface area contributed by atoms with Crippen LogP contribution < -0.4 is 4.72 Å². The molecular formula is C2H3NO2S. The third-order valence-electron chi connectivity index (χ3n) is 0.490.